The monoisotopic (exact) mass is 276 g/mol. The standard InChI is InChI=1S/C18H32N2/c1-7-14(3)13-20(8-2)16(5)18(19-6)17-11-9-15(4)10-12-17/h9-12,14,16,18-19H,7-8,13H2,1-6H3. The Balaban J connectivity index is 2.83. The van der Waals surface area contributed by atoms with Crippen LogP contribution in [0.25, 0.3) is 0 Å². The van der Waals surface area contributed by atoms with Gasteiger partial charge < -0.3 is 5.32 Å². The van der Waals surface area contributed by atoms with Crippen molar-refractivity contribution in [2.45, 2.75) is 53.1 Å². The molecule has 1 N–H and O–H groups in total. The molecule has 1 aromatic rings. The number of hydrogen-bond donors (Lipinski definition) is 1. The van der Waals surface area contributed by atoms with Crippen LogP contribution in [-0.4, -0.2) is 31.1 Å². The van der Waals surface area contributed by atoms with Crippen LogP contribution in [0.4, 0.5) is 0 Å². The van der Waals surface area contributed by atoms with Crippen molar-refractivity contribution >= 4 is 0 Å². The molecule has 0 aliphatic heterocycles. The van der Waals surface area contributed by atoms with Crippen molar-refractivity contribution in [3.63, 3.8) is 0 Å². The van der Waals surface area contributed by atoms with Crippen LogP contribution >= 0.6 is 0 Å². The molecule has 0 saturated carbocycles. The normalized spacial score (nSPS) is 16.1. The Morgan fingerprint density at radius 3 is 2.15 bits per heavy atom. The molecule has 0 fully saturated rings. The zero-order valence-corrected chi connectivity index (χ0v) is 14.1. The largest absolute Gasteiger partial charge is 0.312 e. The highest BCUT2D eigenvalue weighted by Gasteiger charge is 2.23. The van der Waals surface area contributed by atoms with Crippen molar-refractivity contribution in [1.82, 2.24) is 10.2 Å². The van der Waals surface area contributed by atoms with Crippen LogP contribution in [-0.2, 0) is 0 Å². The van der Waals surface area contributed by atoms with Gasteiger partial charge in [0, 0.05) is 18.6 Å². The first kappa shape index (κ1) is 17.2. The fourth-order valence-electron chi connectivity index (χ4n) is 2.78. The molecule has 3 unspecified atom stereocenters. The SMILES string of the molecule is CCC(C)CN(CC)C(C)C(NC)c1ccc(C)cc1. The second kappa shape index (κ2) is 8.43. The van der Waals surface area contributed by atoms with Crippen molar-refractivity contribution < 1.29 is 0 Å². The van der Waals surface area contributed by atoms with E-state index in [4.69, 9.17) is 0 Å². The first-order valence-corrected chi connectivity index (χ1v) is 8.01. The van der Waals surface area contributed by atoms with Gasteiger partial charge in [0.05, 0.1) is 0 Å². The highest BCUT2D eigenvalue weighted by molar-refractivity contribution is 5.25. The van der Waals surface area contributed by atoms with E-state index in [2.05, 4.69) is 76.1 Å². The van der Waals surface area contributed by atoms with Crippen molar-refractivity contribution in [2.24, 2.45) is 5.92 Å². The molecule has 20 heavy (non-hydrogen) atoms. The van der Waals surface area contributed by atoms with Gasteiger partial charge in [-0.1, -0.05) is 57.0 Å². The van der Waals surface area contributed by atoms with E-state index < -0.39 is 0 Å². The lowest BCUT2D eigenvalue weighted by molar-refractivity contribution is 0.157. The first-order chi connectivity index (χ1) is 9.53. The smallest absolute Gasteiger partial charge is 0.0473 e. The zero-order valence-electron chi connectivity index (χ0n) is 14.1. The van der Waals surface area contributed by atoms with Crippen LogP contribution < -0.4 is 5.32 Å². The van der Waals surface area contributed by atoms with Crippen LogP contribution in [0.15, 0.2) is 24.3 Å². The highest BCUT2D eigenvalue weighted by atomic mass is 15.2. The first-order valence-electron chi connectivity index (χ1n) is 8.01. The molecule has 0 aliphatic carbocycles. The van der Waals surface area contributed by atoms with Gasteiger partial charge in [0.25, 0.3) is 0 Å². The Bertz CT molecular complexity index is 372. The summed E-state index contributed by atoms with van der Waals surface area (Å²) in [4.78, 5) is 2.59. The predicted octanol–water partition coefficient (Wildman–Crippen LogP) is 4.01. The molecule has 0 heterocycles. The van der Waals surface area contributed by atoms with Gasteiger partial charge in [-0.3, -0.25) is 4.90 Å². The lowest BCUT2D eigenvalue weighted by Gasteiger charge is -2.35. The summed E-state index contributed by atoms with van der Waals surface area (Å²) < 4.78 is 0. The number of likely N-dealkylation sites (N-methyl/N-ethyl adjacent to an activating group) is 2. The zero-order chi connectivity index (χ0) is 15.1. The lowest BCUT2D eigenvalue weighted by atomic mass is 9.97. The molecule has 1 aromatic carbocycles. The molecule has 1 rings (SSSR count). The van der Waals surface area contributed by atoms with E-state index in [1.165, 1.54) is 24.1 Å². The molecular weight excluding hydrogens is 244 g/mol. The number of nitrogens with one attached hydrogen (secondary N) is 1. The average molecular weight is 276 g/mol. The summed E-state index contributed by atoms with van der Waals surface area (Å²) >= 11 is 0. The topological polar surface area (TPSA) is 15.3 Å². The summed E-state index contributed by atoms with van der Waals surface area (Å²) in [6.07, 6.45) is 1.25. The quantitative estimate of drug-likeness (QED) is 0.771. The van der Waals surface area contributed by atoms with Gasteiger partial charge in [0.1, 0.15) is 0 Å². The molecule has 0 bridgehead atoms. The van der Waals surface area contributed by atoms with Crippen LogP contribution in [0.3, 0.4) is 0 Å². The molecule has 0 aliphatic rings. The van der Waals surface area contributed by atoms with Crippen LogP contribution in [0, 0.1) is 12.8 Å². The van der Waals surface area contributed by atoms with E-state index in [1.54, 1.807) is 0 Å². The van der Waals surface area contributed by atoms with Crippen LogP contribution in [0.5, 0.6) is 0 Å². The third-order valence-corrected chi connectivity index (χ3v) is 4.46. The van der Waals surface area contributed by atoms with Gasteiger partial charge in [-0.15, -0.1) is 0 Å². The van der Waals surface area contributed by atoms with Gasteiger partial charge >= 0.3 is 0 Å². The molecule has 2 heteroatoms. The second-order valence-corrected chi connectivity index (χ2v) is 6.02. The predicted molar refractivity (Wildman–Crippen MR) is 89.1 cm³/mol. The van der Waals surface area contributed by atoms with Gasteiger partial charge in [0.15, 0.2) is 0 Å². The van der Waals surface area contributed by atoms with Gasteiger partial charge in [-0.2, -0.15) is 0 Å². The van der Waals surface area contributed by atoms with Crippen molar-refractivity contribution in [1.29, 1.82) is 0 Å². The lowest BCUT2D eigenvalue weighted by Crippen LogP contribution is -2.43. The molecule has 0 radical (unpaired) electrons. The van der Waals surface area contributed by atoms with E-state index in [9.17, 15) is 0 Å². The maximum atomic E-state index is 3.50. The fraction of sp³-hybridized carbons (Fsp3) is 0.667. The summed E-state index contributed by atoms with van der Waals surface area (Å²) in [6.45, 7) is 13.7. The molecule has 0 amide bonds. The Morgan fingerprint density at radius 1 is 1.10 bits per heavy atom. The third kappa shape index (κ3) is 4.60. The van der Waals surface area contributed by atoms with E-state index in [1.807, 2.05) is 0 Å². The number of rotatable bonds is 8. The minimum absolute atomic E-state index is 0.389. The summed E-state index contributed by atoms with van der Waals surface area (Å²) in [6, 6.07) is 9.81. The highest BCUT2D eigenvalue weighted by Crippen LogP contribution is 2.22. The van der Waals surface area contributed by atoms with E-state index >= 15 is 0 Å². The fourth-order valence-corrected chi connectivity index (χ4v) is 2.78. The third-order valence-electron chi connectivity index (χ3n) is 4.46. The summed E-state index contributed by atoms with van der Waals surface area (Å²) in [5.41, 5.74) is 2.71. The van der Waals surface area contributed by atoms with E-state index in [0.29, 0.717) is 12.1 Å². The maximum Gasteiger partial charge on any atom is 0.0473 e. The minimum atomic E-state index is 0.389. The van der Waals surface area contributed by atoms with Crippen LogP contribution in [0.2, 0.25) is 0 Å². The van der Waals surface area contributed by atoms with E-state index in [-0.39, 0.29) is 0 Å². The molecule has 114 valence electrons. The van der Waals surface area contributed by atoms with Crippen molar-refractivity contribution in [3.05, 3.63) is 35.4 Å². The van der Waals surface area contributed by atoms with Gasteiger partial charge in [-0.05, 0) is 38.9 Å². The number of aryl methyl sites for hydroxylation is 1. The number of benzene rings is 1. The molecule has 0 saturated heterocycles. The van der Waals surface area contributed by atoms with Crippen molar-refractivity contribution in [3.8, 4) is 0 Å². The second-order valence-electron chi connectivity index (χ2n) is 6.02. The maximum absolute atomic E-state index is 3.50. The van der Waals surface area contributed by atoms with Gasteiger partial charge in [-0.25, -0.2) is 0 Å². The van der Waals surface area contributed by atoms with Crippen LogP contribution in [0.1, 0.15) is 51.3 Å². The summed E-state index contributed by atoms with van der Waals surface area (Å²) in [7, 11) is 2.07. The average Bonchev–Trinajstić information content (AvgIpc) is 2.46. The molecule has 0 spiro atoms. The Kier molecular flexibility index (Phi) is 7.25. The van der Waals surface area contributed by atoms with E-state index in [0.717, 1.165) is 12.5 Å². The van der Waals surface area contributed by atoms with Crippen molar-refractivity contribution in [2.75, 3.05) is 20.1 Å². The number of nitrogens with zero attached hydrogens (tertiary/aromatic N) is 1. The number of hydrogen-bond acceptors (Lipinski definition) is 2. The summed E-state index contributed by atoms with van der Waals surface area (Å²) in [5.74, 6) is 0.757. The Labute approximate surface area is 125 Å². The molecular formula is C18H32N2. The molecule has 0 aromatic heterocycles. The molecule has 2 nitrogen and oxygen atoms in total. The summed E-state index contributed by atoms with van der Waals surface area (Å²) in [5, 5.41) is 3.50. The molecule has 3 atom stereocenters. The minimum Gasteiger partial charge on any atom is -0.312 e. The van der Waals surface area contributed by atoms with Gasteiger partial charge in [0.2, 0.25) is 0 Å². The Morgan fingerprint density at radius 2 is 1.70 bits per heavy atom. The Hall–Kier alpha value is -0.860.